The molecule has 0 spiro atoms. The van der Waals surface area contributed by atoms with Crippen LogP contribution in [-0.4, -0.2) is 27.9 Å². The van der Waals surface area contributed by atoms with E-state index in [1.807, 2.05) is 26.0 Å². The number of ketones is 1. The van der Waals surface area contributed by atoms with E-state index in [4.69, 9.17) is 4.74 Å². The minimum atomic E-state index is -0.517. The van der Waals surface area contributed by atoms with Crippen LogP contribution in [0, 0.1) is 13.8 Å². The molecule has 0 saturated heterocycles. The van der Waals surface area contributed by atoms with Crippen LogP contribution in [0.5, 0.6) is 0 Å². The number of esters is 1. The highest BCUT2D eigenvalue weighted by molar-refractivity contribution is 6.05. The van der Waals surface area contributed by atoms with Crippen LogP contribution in [0.15, 0.2) is 12.1 Å². The lowest BCUT2D eigenvalue weighted by Crippen LogP contribution is -2.14. The van der Waals surface area contributed by atoms with Gasteiger partial charge < -0.3 is 9.30 Å². The number of aromatic nitrogens is 2. The van der Waals surface area contributed by atoms with Crippen molar-refractivity contribution in [2.24, 2.45) is 7.05 Å². The Morgan fingerprint density at radius 2 is 1.90 bits per heavy atom. The van der Waals surface area contributed by atoms with Crippen molar-refractivity contribution < 1.29 is 14.3 Å². The van der Waals surface area contributed by atoms with Gasteiger partial charge in [0, 0.05) is 7.05 Å². The van der Waals surface area contributed by atoms with Crippen LogP contribution in [0.1, 0.15) is 35.1 Å². The first-order valence-electron chi connectivity index (χ1n) is 6.56. The van der Waals surface area contributed by atoms with E-state index in [1.54, 1.807) is 18.5 Å². The molecular weight excluding hydrogens is 256 g/mol. The van der Waals surface area contributed by atoms with Gasteiger partial charge in [0.05, 0.1) is 17.6 Å². The Labute approximate surface area is 117 Å². The highest BCUT2D eigenvalue weighted by Gasteiger charge is 2.19. The molecule has 0 bridgehead atoms. The van der Waals surface area contributed by atoms with Crippen molar-refractivity contribution >= 4 is 22.8 Å². The van der Waals surface area contributed by atoms with Gasteiger partial charge in [0.1, 0.15) is 6.42 Å². The summed E-state index contributed by atoms with van der Waals surface area (Å²) in [6.45, 7) is 6.00. The number of nitrogens with zero attached hydrogens (tertiary/aromatic N) is 2. The normalized spacial score (nSPS) is 10.8. The van der Waals surface area contributed by atoms with Gasteiger partial charge in [0.15, 0.2) is 5.82 Å². The molecule has 0 aliphatic heterocycles. The van der Waals surface area contributed by atoms with Gasteiger partial charge in [-0.25, -0.2) is 4.98 Å². The van der Waals surface area contributed by atoms with Crippen LogP contribution in [0.2, 0.25) is 0 Å². The summed E-state index contributed by atoms with van der Waals surface area (Å²) in [6, 6.07) is 3.95. The van der Waals surface area contributed by atoms with Gasteiger partial charge in [0.25, 0.3) is 0 Å². The second-order valence-corrected chi connectivity index (χ2v) is 4.82. The van der Waals surface area contributed by atoms with E-state index in [2.05, 4.69) is 4.98 Å². The summed E-state index contributed by atoms with van der Waals surface area (Å²) in [4.78, 5) is 27.8. The molecule has 0 unspecified atom stereocenters. The van der Waals surface area contributed by atoms with E-state index < -0.39 is 5.97 Å². The SMILES string of the molecule is CCOC(=O)CC(=O)c1nc2cc(C)c(C)cc2n1C. The average Bonchev–Trinajstić information content (AvgIpc) is 2.68. The van der Waals surface area contributed by atoms with E-state index in [0.29, 0.717) is 0 Å². The summed E-state index contributed by atoms with van der Waals surface area (Å²) in [5, 5.41) is 0. The van der Waals surface area contributed by atoms with E-state index in [1.165, 1.54) is 0 Å². The second kappa shape index (κ2) is 5.45. The van der Waals surface area contributed by atoms with Crippen LogP contribution in [0.3, 0.4) is 0 Å². The van der Waals surface area contributed by atoms with Gasteiger partial charge in [-0.15, -0.1) is 0 Å². The fraction of sp³-hybridized carbons (Fsp3) is 0.400. The van der Waals surface area contributed by atoms with Gasteiger partial charge in [-0.05, 0) is 44.0 Å². The first-order chi connectivity index (χ1) is 9.43. The van der Waals surface area contributed by atoms with E-state index in [-0.39, 0.29) is 24.6 Å². The summed E-state index contributed by atoms with van der Waals surface area (Å²) in [5.41, 5.74) is 3.92. The number of hydrogen-bond donors (Lipinski definition) is 0. The van der Waals surface area contributed by atoms with Crippen LogP contribution >= 0.6 is 0 Å². The maximum atomic E-state index is 12.1. The number of rotatable bonds is 4. The minimum Gasteiger partial charge on any atom is -0.466 e. The smallest absolute Gasteiger partial charge is 0.313 e. The molecule has 0 aliphatic rings. The Bertz CT molecular complexity index is 686. The summed E-state index contributed by atoms with van der Waals surface area (Å²) in [6.07, 6.45) is -0.275. The molecule has 0 aliphatic carbocycles. The zero-order chi connectivity index (χ0) is 14.9. The standard InChI is InChI=1S/C15H18N2O3/c1-5-20-14(19)8-13(18)15-16-11-6-9(2)10(3)7-12(11)17(15)4/h6-7H,5,8H2,1-4H3. The third-order valence-electron chi connectivity index (χ3n) is 3.36. The average molecular weight is 274 g/mol. The summed E-state index contributed by atoms with van der Waals surface area (Å²) >= 11 is 0. The third-order valence-corrected chi connectivity index (χ3v) is 3.36. The zero-order valence-corrected chi connectivity index (χ0v) is 12.2. The predicted molar refractivity (Wildman–Crippen MR) is 75.8 cm³/mol. The summed E-state index contributed by atoms with van der Waals surface area (Å²) in [5.74, 6) is -0.549. The number of aryl methyl sites for hydroxylation is 3. The lowest BCUT2D eigenvalue weighted by molar-refractivity contribution is -0.141. The van der Waals surface area contributed by atoms with Crippen molar-refractivity contribution in [1.29, 1.82) is 0 Å². The van der Waals surface area contributed by atoms with E-state index in [9.17, 15) is 9.59 Å². The quantitative estimate of drug-likeness (QED) is 0.487. The third kappa shape index (κ3) is 2.57. The number of benzene rings is 1. The van der Waals surface area contributed by atoms with E-state index in [0.717, 1.165) is 22.2 Å². The fourth-order valence-electron chi connectivity index (χ4n) is 2.12. The molecule has 0 amide bonds. The molecular formula is C15H18N2O3. The molecule has 0 atom stereocenters. The molecule has 2 aromatic rings. The Morgan fingerprint density at radius 1 is 1.25 bits per heavy atom. The second-order valence-electron chi connectivity index (χ2n) is 4.82. The molecule has 1 aromatic carbocycles. The van der Waals surface area contributed by atoms with Gasteiger partial charge >= 0.3 is 5.97 Å². The first-order valence-corrected chi connectivity index (χ1v) is 6.56. The molecule has 0 saturated carbocycles. The molecule has 5 nitrogen and oxygen atoms in total. The molecule has 20 heavy (non-hydrogen) atoms. The molecule has 0 radical (unpaired) electrons. The Kier molecular flexibility index (Phi) is 3.88. The number of Topliss-reactive ketones (excluding diaryl/α,β-unsaturated/α-hetero) is 1. The predicted octanol–water partition coefficient (Wildman–Crippen LogP) is 2.33. The van der Waals surface area contributed by atoms with Crippen LogP contribution < -0.4 is 0 Å². The lowest BCUT2D eigenvalue weighted by Gasteiger charge is -2.03. The molecule has 1 aromatic heterocycles. The van der Waals surface area contributed by atoms with Gasteiger partial charge in [-0.2, -0.15) is 0 Å². The summed E-state index contributed by atoms with van der Waals surface area (Å²) < 4.78 is 6.51. The van der Waals surface area contributed by atoms with Crippen molar-refractivity contribution in [2.75, 3.05) is 6.61 Å². The zero-order valence-electron chi connectivity index (χ0n) is 12.2. The van der Waals surface area contributed by atoms with Crippen molar-refractivity contribution in [3.8, 4) is 0 Å². The highest BCUT2D eigenvalue weighted by atomic mass is 16.5. The number of carbonyl (C=O) groups is 2. The Morgan fingerprint density at radius 3 is 2.55 bits per heavy atom. The monoisotopic (exact) mass is 274 g/mol. The maximum absolute atomic E-state index is 12.1. The molecule has 106 valence electrons. The van der Waals surface area contributed by atoms with Crippen LogP contribution in [0.25, 0.3) is 11.0 Å². The number of hydrogen-bond acceptors (Lipinski definition) is 4. The number of carbonyl (C=O) groups excluding carboxylic acids is 2. The maximum Gasteiger partial charge on any atom is 0.313 e. The highest BCUT2D eigenvalue weighted by Crippen LogP contribution is 2.20. The molecule has 0 fully saturated rings. The molecule has 2 rings (SSSR count). The van der Waals surface area contributed by atoms with Crippen molar-refractivity contribution in [3.63, 3.8) is 0 Å². The van der Waals surface area contributed by atoms with Gasteiger partial charge in [0.2, 0.25) is 5.78 Å². The fourth-order valence-corrected chi connectivity index (χ4v) is 2.12. The number of ether oxygens (including phenoxy) is 1. The van der Waals surface area contributed by atoms with Crippen LogP contribution in [0.4, 0.5) is 0 Å². The topological polar surface area (TPSA) is 61.2 Å². The number of fused-ring (bicyclic) bond motifs is 1. The minimum absolute atomic E-state index is 0.271. The van der Waals surface area contributed by atoms with E-state index >= 15 is 0 Å². The summed E-state index contributed by atoms with van der Waals surface area (Å²) in [7, 11) is 1.78. The van der Waals surface area contributed by atoms with Crippen molar-refractivity contribution in [2.45, 2.75) is 27.2 Å². The van der Waals surface area contributed by atoms with Crippen molar-refractivity contribution in [3.05, 3.63) is 29.1 Å². The molecule has 5 heteroatoms. The van der Waals surface area contributed by atoms with Gasteiger partial charge in [-0.1, -0.05) is 0 Å². The first kappa shape index (κ1) is 14.2. The Hall–Kier alpha value is -2.17. The molecule has 0 N–H and O–H groups in total. The molecule has 1 heterocycles. The largest absolute Gasteiger partial charge is 0.466 e. The van der Waals surface area contributed by atoms with Crippen molar-refractivity contribution in [1.82, 2.24) is 9.55 Å². The van der Waals surface area contributed by atoms with Crippen LogP contribution in [-0.2, 0) is 16.6 Å². The Balaban J connectivity index is 2.38. The number of imidazole rings is 1. The van der Waals surface area contributed by atoms with Gasteiger partial charge in [-0.3, -0.25) is 9.59 Å². The lowest BCUT2D eigenvalue weighted by atomic mass is 10.1.